The van der Waals surface area contributed by atoms with Gasteiger partial charge in [-0.3, -0.25) is 14.6 Å². The van der Waals surface area contributed by atoms with Crippen molar-refractivity contribution in [2.45, 2.75) is 20.0 Å². The van der Waals surface area contributed by atoms with E-state index in [1.165, 1.54) is 0 Å². The molecule has 0 aromatic carbocycles. The van der Waals surface area contributed by atoms with Crippen LogP contribution >= 0.6 is 0 Å². The summed E-state index contributed by atoms with van der Waals surface area (Å²) >= 11 is 0. The minimum atomic E-state index is -0.745. The number of piperazine rings is 1. The largest absolute Gasteiger partial charge is 0.480 e. The van der Waals surface area contributed by atoms with Gasteiger partial charge in [0.15, 0.2) is 0 Å². The fourth-order valence-corrected chi connectivity index (χ4v) is 2.28. The lowest BCUT2D eigenvalue weighted by Crippen LogP contribution is -2.47. The highest BCUT2D eigenvalue weighted by Gasteiger charge is 2.19. The van der Waals surface area contributed by atoms with Gasteiger partial charge in [0.25, 0.3) is 0 Å². The van der Waals surface area contributed by atoms with Crippen molar-refractivity contribution in [2.24, 2.45) is 0 Å². The van der Waals surface area contributed by atoms with Gasteiger partial charge in [0.05, 0.1) is 13.1 Å². The van der Waals surface area contributed by atoms with Crippen molar-refractivity contribution in [3.05, 3.63) is 18.2 Å². The second-order valence-electron chi connectivity index (χ2n) is 4.58. The lowest BCUT2D eigenvalue weighted by molar-refractivity contribution is -0.138. The number of nitrogens with zero attached hydrogens (tertiary/aromatic N) is 4. The van der Waals surface area contributed by atoms with Gasteiger partial charge < -0.3 is 9.67 Å². The number of aromatic nitrogens is 2. The molecule has 1 aromatic rings. The van der Waals surface area contributed by atoms with Crippen LogP contribution in [0.15, 0.2) is 12.4 Å². The lowest BCUT2D eigenvalue weighted by Gasteiger charge is -2.33. The Bertz CT molecular complexity index is 397. The molecule has 100 valence electrons. The third-order valence-electron chi connectivity index (χ3n) is 3.33. The number of hydrogen-bond acceptors (Lipinski definition) is 4. The number of rotatable bonds is 5. The molecule has 6 nitrogen and oxygen atoms in total. The fourth-order valence-electron chi connectivity index (χ4n) is 2.28. The Morgan fingerprint density at radius 2 is 2.00 bits per heavy atom. The molecule has 0 atom stereocenters. The van der Waals surface area contributed by atoms with Crippen LogP contribution < -0.4 is 0 Å². The summed E-state index contributed by atoms with van der Waals surface area (Å²) < 4.78 is 2.14. The Hall–Kier alpha value is -1.40. The number of aliphatic carboxylic acids is 1. The highest BCUT2D eigenvalue weighted by molar-refractivity contribution is 5.69. The van der Waals surface area contributed by atoms with E-state index in [9.17, 15) is 4.79 Å². The summed E-state index contributed by atoms with van der Waals surface area (Å²) in [4.78, 5) is 19.3. The second-order valence-corrected chi connectivity index (χ2v) is 4.58. The van der Waals surface area contributed by atoms with Gasteiger partial charge in [0.1, 0.15) is 5.82 Å². The van der Waals surface area contributed by atoms with Crippen molar-refractivity contribution < 1.29 is 9.90 Å². The zero-order valence-corrected chi connectivity index (χ0v) is 10.7. The number of carboxylic acids is 1. The third-order valence-corrected chi connectivity index (χ3v) is 3.33. The van der Waals surface area contributed by atoms with E-state index >= 15 is 0 Å². The molecule has 2 heterocycles. The highest BCUT2D eigenvalue weighted by Crippen LogP contribution is 2.07. The van der Waals surface area contributed by atoms with Crippen molar-refractivity contribution >= 4 is 5.97 Å². The quantitative estimate of drug-likeness (QED) is 0.805. The molecule has 0 unspecified atom stereocenters. The molecule has 0 amide bonds. The summed E-state index contributed by atoms with van der Waals surface area (Å²) in [6.07, 6.45) is 3.83. The SMILES string of the molecule is CCn1ccnc1CN1CCN(CC(=O)O)CC1. The van der Waals surface area contributed by atoms with Crippen LogP contribution in [0.4, 0.5) is 0 Å². The summed E-state index contributed by atoms with van der Waals surface area (Å²) in [5.41, 5.74) is 0. The normalized spacial score (nSPS) is 18.1. The molecule has 1 N–H and O–H groups in total. The van der Waals surface area contributed by atoms with Crippen LogP contribution in [-0.2, 0) is 17.9 Å². The van der Waals surface area contributed by atoms with Gasteiger partial charge in [-0.2, -0.15) is 0 Å². The number of aryl methyl sites for hydroxylation is 1. The molecule has 1 aromatic heterocycles. The first-order valence-electron chi connectivity index (χ1n) is 6.35. The van der Waals surface area contributed by atoms with E-state index in [0.29, 0.717) is 0 Å². The molecule has 1 saturated heterocycles. The summed E-state index contributed by atoms with van der Waals surface area (Å²) in [7, 11) is 0. The molecule has 2 rings (SSSR count). The zero-order chi connectivity index (χ0) is 13.0. The van der Waals surface area contributed by atoms with Crippen LogP contribution in [0.1, 0.15) is 12.7 Å². The first kappa shape index (κ1) is 13.0. The van der Waals surface area contributed by atoms with Crippen LogP contribution in [0, 0.1) is 0 Å². The van der Waals surface area contributed by atoms with Gasteiger partial charge in [-0.1, -0.05) is 0 Å². The molecule has 1 aliphatic heterocycles. The van der Waals surface area contributed by atoms with Gasteiger partial charge >= 0.3 is 5.97 Å². The van der Waals surface area contributed by atoms with Crippen LogP contribution in [0.2, 0.25) is 0 Å². The Kier molecular flexibility index (Phi) is 4.33. The summed E-state index contributed by atoms with van der Waals surface area (Å²) in [6, 6.07) is 0. The molecule has 0 aliphatic carbocycles. The Morgan fingerprint density at radius 1 is 1.33 bits per heavy atom. The fraction of sp³-hybridized carbons (Fsp3) is 0.667. The molecule has 0 radical (unpaired) electrons. The van der Waals surface area contributed by atoms with E-state index in [1.807, 2.05) is 17.3 Å². The Labute approximate surface area is 107 Å². The average molecular weight is 252 g/mol. The molecule has 0 spiro atoms. The average Bonchev–Trinajstić information content (AvgIpc) is 2.78. The Balaban J connectivity index is 1.81. The molecular weight excluding hydrogens is 232 g/mol. The molecule has 6 heteroatoms. The van der Waals surface area contributed by atoms with Crippen molar-refractivity contribution in [1.82, 2.24) is 19.4 Å². The number of hydrogen-bond donors (Lipinski definition) is 1. The standard InChI is InChI=1S/C12H20N4O2/c1-2-16-4-3-13-11(16)9-14-5-7-15(8-6-14)10-12(17)18/h3-4H,2,5-10H2,1H3,(H,17,18). The molecule has 0 bridgehead atoms. The predicted molar refractivity (Wildman–Crippen MR) is 67.3 cm³/mol. The van der Waals surface area contributed by atoms with Gasteiger partial charge in [0, 0.05) is 45.1 Å². The minimum absolute atomic E-state index is 0.150. The zero-order valence-electron chi connectivity index (χ0n) is 10.7. The van der Waals surface area contributed by atoms with Gasteiger partial charge in [-0.15, -0.1) is 0 Å². The number of imidazole rings is 1. The number of carboxylic acid groups (broad SMARTS) is 1. The van der Waals surface area contributed by atoms with E-state index in [2.05, 4.69) is 21.4 Å². The Morgan fingerprint density at radius 3 is 2.61 bits per heavy atom. The first-order valence-corrected chi connectivity index (χ1v) is 6.35. The van der Waals surface area contributed by atoms with Crippen LogP contribution in [0.3, 0.4) is 0 Å². The van der Waals surface area contributed by atoms with Crippen molar-refractivity contribution in [1.29, 1.82) is 0 Å². The maximum absolute atomic E-state index is 10.6. The summed E-state index contributed by atoms with van der Waals surface area (Å²) in [6.45, 7) is 7.50. The van der Waals surface area contributed by atoms with E-state index < -0.39 is 5.97 Å². The van der Waals surface area contributed by atoms with Crippen LogP contribution in [0.5, 0.6) is 0 Å². The van der Waals surface area contributed by atoms with E-state index in [-0.39, 0.29) is 6.54 Å². The highest BCUT2D eigenvalue weighted by atomic mass is 16.4. The van der Waals surface area contributed by atoms with Crippen molar-refractivity contribution in [3.63, 3.8) is 0 Å². The topological polar surface area (TPSA) is 61.6 Å². The molecule has 1 fully saturated rings. The summed E-state index contributed by atoms with van der Waals surface area (Å²) in [5, 5.41) is 8.74. The first-order chi connectivity index (χ1) is 8.69. The van der Waals surface area contributed by atoms with Crippen LogP contribution in [0.25, 0.3) is 0 Å². The lowest BCUT2D eigenvalue weighted by atomic mass is 10.3. The van der Waals surface area contributed by atoms with E-state index in [0.717, 1.165) is 45.1 Å². The molecule has 1 aliphatic rings. The number of carbonyl (C=O) groups is 1. The van der Waals surface area contributed by atoms with Crippen molar-refractivity contribution in [2.75, 3.05) is 32.7 Å². The smallest absolute Gasteiger partial charge is 0.317 e. The second kappa shape index (κ2) is 5.97. The molecule has 0 saturated carbocycles. The van der Waals surface area contributed by atoms with Gasteiger partial charge in [-0.25, -0.2) is 4.98 Å². The predicted octanol–water partition coefficient (Wildman–Crippen LogP) is 0.105. The van der Waals surface area contributed by atoms with E-state index in [1.54, 1.807) is 0 Å². The maximum Gasteiger partial charge on any atom is 0.317 e. The van der Waals surface area contributed by atoms with Gasteiger partial charge in [-0.05, 0) is 6.92 Å². The minimum Gasteiger partial charge on any atom is -0.480 e. The summed E-state index contributed by atoms with van der Waals surface area (Å²) in [5.74, 6) is 0.342. The molecule has 18 heavy (non-hydrogen) atoms. The van der Waals surface area contributed by atoms with E-state index in [4.69, 9.17) is 5.11 Å². The monoisotopic (exact) mass is 252 g/mol. The maximum atomic E-state index is 10.6. The van der Waals surface area contributed by atoms with Crippen molar-refractivity contribution in [3.8, 4) is 0 Å². The van der Waals surface area contributed by atoms with Gasteiger partial charge in [0.2, 0.25) is 0 Å². The third kappa shape index (κ3) is 3.30. The molecular formula is C12H20N4O2. The van der Waals surface area contributed by atoms with Crippen LogP contribution in [-0.4, -0.2) is 63.2 Å².